The van der Waals surface area contributed by atoms with E-state index in [1.54, 1.807) is 0 Å². The minimum atomic E-state index is -1.63. The SMILES string of the molecule is COc1cc(Nc2nc(=O)c(F)cn2Cc2cc(F)c(F)c(F)c2)c(C)nc1O. The number of aryl methyl sites for hydroxylation is 1. The highest BCUT2D eigenvalue weighted by molar-refractivity contribution is 5.60. The molecule has 0 aliphatic rings. The van der Waals surface area contributed by atoms with Crippen molar-refractivity contribution in [3.05, 3.63) is 69.3 Å². The van der Waals surface area contributed by atoms with Gasteiger partial charge in [0, 0.05) is 12.3 Å². The fourth-order valence-corrected chi connectivity index (χ4v) is 2.55. The third kappa shape index (κ3) is 4.13. The average Bonchev–Trinajstić information content (AvgIpc) is 2.65. The zero-order valence-electron chi connectivity index (χ0n) is 15.1. The summed E-state index contributed by atoms with van der Waals surface area (Å²) in [6.45, 7) is 1.21. The number of halogens is 4. The van der Waals surface area contributed by atoms with Crippen LogP contribution in [0.15, 0.2) is 29.2 Å². The molecule has 11 heteroatoms. The van der Waals surface area contributed by atoms with E-state index in [0.717, 1.165) is 22.9 Å². The first kappa shape index (κ1) is 20.1. The predicted octanol–water partition coefficient (Wildman–Crippen LogP) is 3.01. The van der Waals surface area contributed by atoms with Crippen molar-refractivity contribution in [1.29, 1.82) is 0 Å². The molecule has 2 N–H and O–H groups in total. The molecule has 0 aliphatic carbocycles. The second kappa shape index (κ2) is 7.78. The third-order valence-electron chi connectivity index (χ3n) is 3.98. The maximum atomic E-state index is 13.8. The van der Waals surface area contributed by atoms with Crippen LogP contribution in [-0.2, 0) is 6.54 Å². The van der Waals surface area contributed by atoms with Gasteiger partial charge in [0.25, 0.3) is 5.88 Å². The van der Waals surface area contributed by atoms with Crippen LogP contribution >= 0.6 is 0 Å². The van der Waals surface area contributed by atoms with Gasteiger partial charge in [-0.25, -0.2) is 18.2 Å². The Morgan fingerprint density at radius 1 is 1.10 bits per heavy atom. The fraction of sp³-hybridized carbons (Fsp3) is 0.167. The number of ether oxygens (including phenoxy) is 1. The summed E-state index contributed by atoms with van der Waals surface area (Å²) in [4.78, 5) is 19.1. The number of nitrogens with one attached hydrogen (secondary N) is 1. The summed E-state index contributed by atoms with van der Waals surface area (Å²) in [5.41, 5.74) is -0.639. The maximum absolute atomic E-state index is 13.8. The Bertz CT molecular complexity index is 1130. The summed E-state index contributed by atoms with van der Waals surface area (Å²) < 4.78 is 59.9. The second-order valence-corrected chi connectivity index (χ2v) is 5.99. The Hall–Kier alpha value is -3.63. The van der Waals surface area contributed by atoms with Gasteiger partial charge in [-0.05, 0) is 24.6 Å². The minimum Gasteiger partial charge on any atom is -0.491 e. The summed E-state index contributed by atoms with van der Waals surface area (Å²) in [7, 11) is 1.31. The van der Waals surface area contributed by atoms with E-state index >= 15 is 0 Å². The molecule has 0 radical (unpaired) electrons. The summed E-state index contributed by atoms with van der Waals surface area (Å²) >= 11 is 0. The normalized spacial score (nSPS) is 10.8. The number of hydrogen-bond acceptors (Lipinski definition) is 6. The van der Waals surface area contributed by atoms with Crippen LogP contribution in [0.3, 0.4) is 0 Å². The highest BCUT2D eigenvalue weighted by Crippen LogP contribution is 2.30. The number of hydrogen-bond donors (Lipinski definition) is 2. The van der Waals surface area contributed by atoms with Crippen LogP contribution in [0.25, 0.3) is 0 Å². The van der Waals surface area contributed by atoms with Crippen molar-refractivity contribution in [2.75, 3.05) is 12.4 Å². The van der Waals surface area contributed by atoms with Crippen molar-refractivity contribution in [1.82, 2.24) is 14.5 Å². The summed E-state index contributed by atoms with van der Waals surface area (Å²) in [5.74, 6) is -6.17. The molecule has 0 saturated carbocycles. The Kier molecular flexibility index (Phi) is 5.39. The number of methoxy groups -OCH3 is 1. The molecular formula is C18H14F4N4O3. The zero-order chi connectivity index (χ0) is 21.3. The Morgan fingerprint density at radius 2 is 1.76 bits per heavy atom. The zero-order valence-corrected chi connectivity index (χ0v) is 15.1. The summed E-state index contributed by atoms with van der Waals surface area (Å²) in [5, 5.41) is 12.4. The van der Waals surface area contributed by atoms with Crippen LogP contribution in [-0.4, -0.2) is 26.8 Å². The van der Waals surface area contributed by atoms with Crippen molar-refractivity contribution in [2.45, 2.75) is 13.5 Å². The molecule has 152 valence electrons. The molecule has 0 bridgehead atoms. The van der Waals surface area contributed by atoms with E-state index < -0.39 is 28.8 Å². The van der Waals surface area contributed by atoms with E-state index in [0.29, 0.717) is 5.69 Å². The van der Waals surface area contributed by atoms with Gasteiger partial charge >= 0.3 is 5.56 Å². The molecule has 7 nitrogen and oxygen atoms in total. The maximum Gasteiger partial charge on any atom is 0.310 e. The molecule has 2 aromatic heterocycles. The molecule has 0 amide bonds. The molecule has 0 saturated heterocycles. The van der Waals surface area contributed by atoms with Gasteiger partial charge < -0.3 is 19.7 Å². The lowest BCUT2D eigenvalue weighted by atomic mass is 10.2. The monoisotopic (exact) mass is 410 g/mol. The van der Waals surface area contributed by atoms with Crippen molar-refractivity contribution in [2.24, 2.45) is 0 Å². The number of benzene rings is 1. The summed E-state index contributed by atoms with van der Waals surface area (Å²) in [6, 6.07) is 2.86. The molecule has 29 heavy (non-hydrogen) atoms. The Balaban J connectivity index is 2.04. The lowest BCUT2D eigenvalue weighted by Gasteiger charge is -2.16. The van der Waals surface area contributed by atoms with Gasteiger partial charge in [0.2, 0.25) is 11.8 Å². The number of anilines is 2. The van der Waals surface area contributed by atoms with Crippen LogP contribution < -0.4 is 15.6 Å². The minimum absolute atomic E-state index is 0.0248. The molecule has 0 atom stereocenters. The predicted molar refractivity (Wildman–Crippen MR) is 94.3 cm³/mol. The molecule has 0 aliphatic heterocycles. The van der Waals surface area contributed by atoms with Crippen LogP contribution in [0.5, 0.6) is 11.6 Å². The van der Waals surface area contributed by atoms with Gasteiger partial charge in [-0.1, -0.05) is 0 Å². The van der Waals surface area contributed by atoms with Gasteiger partial charge in [0.05, 0.1) is 25.0 Å². The van der Waals surface area contributed by atoms with Crippen LogP contribution in [0.2, 0.25) is 0 Å². The molecule has 0 fully saturated rings. The lowest BCUT2D eigenvalue weighted by molar-refractivity contribution is 0.362. The number of rotatable bonds is 5. The van der Waals surface area contributed by atoms with E-state index in [1.165, 1.54) is 20.1 Å². The standard InChI is InChI=1S/C18H14F4N4O3/c1-8-13(5-14(29-2)17(28)23-8)24-18-25-16(27)12(21)7-26(18)6-9-3-10(19)15(22)11(20)4-9/h3-5,7H,6H2,1-2H3,(H,23,28)(H,24,25,27). The highest BCUT2D eigenvalue weighted by atomic mass is 19.2. The first-order valence-corrected chi connectivity index (χ1v) is 8.11. The second-order valence-electron chi connectivity index (χ2n) is 5.99. The van der Waals surface area contributed by atoms with Gasteiger partial charge in [-0.15, -0.1) is 0 Å². The quantitative estimate of drug-likeness (QED) is 0.497. The van der Waals surface area contributed by atoms with Crippen molar-refractivity contribution in [3.8, 4) is 11.6 Å². The van der Waals surface area contributed by atoms with E-state index in [4.69, 9.17) is 4.74 Å². The Labute approximate surface area is 161 Å². The topological polar surface area (TPSA) is 89.3 Å². The van der Waals surface area contributed by atoms with Crippen LogP contribution in [0.4, 0.5) is 29.2 Å². The van der Waals surface area contributed by atoms with Gasteiger partial charge in [-0.2, -0.15) is 9.37 Å². The average molecular weight is 410 g/mol. The molecule has 0 spiro atoms. The Morgan fingerprint density at radius 3 is 2.38 bits per heavy atom. The van der Waals surface area contributed by atoms with E-state index in [9.17, 15) is 27.5 Å². The molecule has 2 heterocycles. The van der Waals surface area contributed by atoms with Crippen molar-refractivity contribution >= 4 is 11.6 Å². The third-order valence-corrected chi connectivity index (χ3v) is 3.98. The van der Waals surface area contributed by atoms with Crippen molar-refractivity contribution < 1.29 is 27.4 Å². The van der Waals surface area contributed by atoms with Gasteiger partial charge in [0.15, 0.2) is 23.2 Å². The molecular weight excluding hydrogens is 396 g/mol. The largest absolute Gasteiger partial charge is 0.491 e. The number of pyridine rings is 1. The number of aromatic hydroxyl groups is 1. The molecule has 1 aromatic carbocycles. The summed E-state index contributed by atoms with van der Waals surface area (Å²) in [6.07, 6.45) is 0.789. The first-order chi connectivity index (χ1) is 13.7. The van der Waals surface area contributed by atoms with Gasteiger partial charge in [0.1, 0.15) is 0 Å². The highest BCUT2D eigenvalue weighted by Gasteiger charge is 2.16. The molecule has 3 aromatic rings. The first-order valence-electron chi connectivity index (χ1n) is 8.11. The fourth-order valence-electron chi connectivity index (χ4n) is 2.55. The van der Waals surface area contributed by atoms with E-state index in [1.807, 2.05) is 0 Å². The van der Waals surface area contributed by atoms with Crippen LogP contribution in [0.1, 0.15) is 11.3 Å². The molecule has 3 rings (SSSR count). The molecule has 0 unspecified atom stereocenters. The van der Waals surface area contributed by atoms with Crippen molar-refractivity contribution in [3.63, 3.8) is 0 Å². The van der Waals surface area contributed by atoms with E-state index in [-0.39, 0.29) is 35.4 Å². The van der Waals surface area contributed by atoms with Crippen LogP contribution in [0, 0.1) is 30.2 Å². The van der Waals surface area contributed by atoms with E-state index in [2.05, 4.69) is 15.3 Å². The van der Waals surface area contributed by atoms with Gasteiger partial charge in [-0.3, -0.25) is 4.79 Å². The smallest absolute Gasteiger partial charge is 0.310 e. The number of nitrogens with zero attached hydrogens (tertiary/aromatic N) is 3. The number of aromatic nitrogens is 3. The lowest BCUT2D eigenvalue weighted by Crippen LogP contribution is -2.20.